The van der Waals surface area contributed by atoms with Gasteiger partial charge in [-0.25, -0.2) is 4.79 Å². The van der Waals surface area contributed by atoms with Gasteiger partial charge in [0.05, 0.1) is 0 Å². The van der Waals surface area contributed by atoms with Crippen molar-refractivity contribution in [1.82, 2.24) is 0 Å². The predicted molar refractivity (Wildman–Crippen MR) is 65.7 cm³/mol. The molecule has 0 heterocycles. The molecule has 1 aromatic carbocycles. The molecule has 1 aromatic rings. The van der Waals surface area contributed by atoms with E-state index in [1.807, 2.05) is 26.8 Å². The molecule has 0 aromatic heterocycles. The van der Waals surface area contributed by atoms with Gasteiger partial charge in [0.1, 0.15) is 6.10 Å². The Kier molecular flexibility index (Phi) is 4.28. The van der Waals surface area contributed by atoms with Gasteiger partial charge in [-0.15, -0.1) is 0 Å². The van der Waals surface area contributed by atoms with E-state index in [4.69, 9.17) is 0 Å². The third-order valence-corrected chi connectivity index (χ3v) is 2.74. The number of esters is 1. The van der Waals surface area contributed by atoms with E-state index in [0.29, 0.717) is 5.56 Å². The lowest BCUT2D eigenvalue weighted by atomic mass is 9.86. The highest BCUT2D eigenvalue weighted by atomic mass is 19.4. The van der Waals surface area contributed by atoms with E-state index in [0.717, 1.165) is 5.56 Å². The first-order chi connectivity index (χ1) is 8.51. The molecule has 0 bridgehead atoms. The Labute approximate surface area is 110 Å². The largest absolute Gasteiger partial charge is 0.490 e. The van der Waals surface area contributed by atoms with Crippen LogP contribution >= 0.6 is 0 Å². The minimum absolute atomic E-state index is 0.121. The average molecular weight is 274 g/mol. The first kappa shape index (κ1) is 15.5. The zero-order chi connectivity index (χ0) is 14.8. The molecule has 1 atom stereocenters. The van der Waals surface area contributed by atoms with Gasteiger partial charge in [0, 0.05) is 0 Å². The molecule has 0 aliphatic rings. The summed E-state index contributed by atoms with van der Waals surface area (Å²) in [6.07, 6.45) is -5.90. The van der Waals surface area contributed by atoms with Crippen molar-refractivity contribution in [3.63, 3.8) is 0 Å². The molecule has 0 aliphatic heterocycles. The summed E-state index contributed by atoms with van der Waals surface area (Å²) in [6, 6.07) is 7.04. The van der Waals surface area contributed by atoms with Crippen molar-refractivity contribution in [3.05, 3.63) is 35.4 Å². The molecule has 0 saturated heterocycles. The summed E-state index contributed by atoms with van der Waals surface area (Å²) >= 11 is 0. The summed E-state index contributed by atoms with van der Waals surface area (Å²) in [7, 11) is 0. The number of carbonyl (C=O) groups excluding carboxylic acids is 1. The highest BCUT2D eigenvalue weighted by Gasteiger charge is 2.41. The summed E-state index contributed by atoms with van der Waals surface area (Å²) in [6.45, 7) is 7.42. The number of hydrogen-bond donors (Lipinski definition) is 0. The Morgan fingerprint density at radius 3 is 2.26 bits per heavy atom. The number of hydrogen-bond acceptors (Lipinski definition) is 2. The van der Waals surface area contributed by atoms with E-state index in [2.05, 4.69) is 4.74 Å². The molecule has 2 nitrogen and oxygen atoms in total. The molecule has 0 saturated carbocycles. The molecule has 19 heavy (non-hydrogen) atoms. The second kappa shape index (κ2) is 5.23. The third kappa shape index (κ3) is 4.26. The molecule has 106 valence electrons. The molecular weight excluding hydrogens is 257 g/mol. The van der Waals surface area contributed by atoms with Gasteiger partial charge in [-0.1, -0.05) is 45.0 Å². The number of carbonyl (C=O) groups is 1. The Hall–Kier alpha value is -1.52. The zero-order valence-corrected chi connectivity index (χ0v) is 11.3. The predicted octanol–water partition coefficient (Wildman–Crippen LogP) is 4.15. The van der Waals surface area contributed by atoms with Crippen LogP contribution in [0.3, 0.4) is 0 Å². The van der Waals surface area contributed by atoms with E-state index in [9.17, 15) is 18.0 Å². The smallest absolute Gasteiger partial charge is 0.451 e. The summed E-state index contributed by atoms with van der Waals surface area (Å²) in [5.74, 6) is -2.17. The summed E-state index contributed by atoms with van der Waals surface area (Å²) in [4.78, 5) is 10.8. The fourth-order valence-corrected chi connectivity index (χ4v) is 1.55. The van der Waals surface area contributed by atoms with Gasteiger partial charge in [-0.05, 0) is 23.5 Å². The molecule has 0 amide bonds. The number of rotatable bonds is 2. The molecule has 0 spiro atoms. The van der Waals surface area contributed by atoms with Crippen LogP contribution in [-0.4, -0.2) is 12.1 Å². The van der Waals surface area contributed by atoms with E-state index in [1.54, 1.807) is 18.2 Å². The Morgan fingerprint density at radius 2 is 1.79 bits per heavy atom. The van der Waals surface area contributed by atoms with Gasteiger partial charge in [0.25, 0.3) is 0 Å². The first-order valence-electron chi connectivity index (χ1n) is 5.90. The number of ether oxygens (including phenoxy) is 1. The average Bonchev–Trinajstić information content (AvgIpc) is 2.26. The summed E-state index contributed by atoms with van der Waals surface area (Å²) < 4.78 is 40.8. The van der Waals surface area contributed by atoms with Crippen molar-refractivity contribution >= 4 is 5.97 Å². The van der Waals surface area contributed by atoms with Gasteiger partial charge in [0.2, 0.25) is 0 Å². The van der Waals surface area contributed by atoms with E-state index in [-0.39, 0.29) is 5.41 Å². The number of alkyl halides is 3. The minimum atomic E-state index is -4.96. The maximum Gasteiger partial charge on any atom is 0.490 e. The van der Waals surface area contributed by atoms with Crippen molar-refractivity contribution in [2.45, 2.75) is 45.4 Å². The Morgan fingerprint density at radius 1 is 1.21 bits per heavy atom. The fourth-order valence-electron chi connectivity index (χ4n) is 1.55. The lowest BCUT2D eigenvalue weighted by molar-refractivity contribution is -0.204. The van der Waals surface area contributed by atoms with Crippen molar-refractivity contribution < 1.29 is 22.7 Å². The highest BCUT2D eigenvalue weighted by Crippen LogP contribution is 2.28. The molecule has 0 radical (unpaired) electrons. The quantitative estimate of drug-likeness (QED) is 0.757. The third-order valence-electron chi connectivity index (χ3n) is 2.74. The van der Waals surface area contributed by atoms with Gasteiger partial charge in [0.15, 0.2) is 0 Å². The van der Waals surface area contributed by atoms with E-state index in [1.165, 1.54) is 6.92 Å². The Balaban J connectivity index is 2.89. The van der Waals surface area contributed by atoms with E-state index >= 15 is 0 Å². The first-order valence-corrected chi connectivity index (χ1v) is 5.90. The van der Waals surface area contributed by atoms with Crippen molar-refractivity contribution in [2.75, 3.05) is 0 Å². The lowest BCUT2D eigenvalue weighted by Gasteiger charge is -2.21. The van der Waals surface area contributed by atoms with Gasteiger partial charge >= 0.3 is 12.1 Å². The monoisotopic (exact) mass is 274 g/mol. The molecule has 1 unspecified atom stereocenters. The maximum atomic E-state index is 12.1. The molecule has 5 heteroatoms. The number of halogens is 3. The van der Waals surface area contributed by atoms with Crippen molar-refractivity contribution in [1.29, 1.82) is 0 Å². The van der Waals surface area contributed by atoms with Gasteiger partial charge in [-0.3, -0.25) is 0 Å². The SMILES string of the molecule is CC(OC(=O)C(F)(F)F)c1cccc(C(C)(C)C)c1. The Bertz CT molecular complexity index is 458. The van der Waals surface area contributed by atoms with Crippen LogP contribution in [0, 0.1) is 0 Å². The van der Waals surface area contributed by atoms with Crippen LogP contribution < -0.4 is 0 Å². The minimum Gasteiger partial charge on any atom is -0.451 e. The molecule has 0 aliphatic carbocycles. The number of benzene rings is 1. The highest BCUT2D eigenvalue weighted by molar-refractivity contribution is 5.75. The van der Waals surface area contributed by atoms with Crippen LogP contribution in [0.4, 0.5) is 13.2 Å². The molecule has 0 fully saturated rings. The second-order valence-corrected chi connectivity index (χ2v) is 5.42. The van der Waals surface area contributed by atoms with Crippen molar-refractivity contribution in [2.24, 2.45) is 0 Å². The van der Waals surface area contributed by atoms with Crippen LogP contribution in [-0.2, 0) is 14.9 Å². The van der Waals surface area contributed by atoms with Crippen LogP contribution in [0.25, 0.3) is 0 Å². The summed E-state index contributed by atoms with van der Waals surface area (Å²) in [5, 5.41) is 0. The van der Waals surface area contributed by atoms with Crippen LogP contribution in [0.1, 0.15) is 44.9 Å². The molecule has 0 N–H and O–H groups in total. The van der Waals surface area contributed by atoms with Gasteiger partial charge in [-0.2, -0.15) is 13.2 Å². The standard InChI is InChI=1S/C14H17F3O2/c1-9(19-12(18)14(15,16)17)10-6-5-7-11(8-10)13(2,3)4/h5-9H,1-4H3. The summed E-state index contributed by atoms with van der Waals surface area (Å²) in [5.41, 5.74) is 1.40. The van der Waals surface area contributed by atoms with Gasteiger partial charge < -0.3 is 4.74 Å². The fraction of sp³-hybridized carbons (Fsp3) is 0.500. The topological polar surface area (TPSA) is 26.3 Å². The lowest BCUT2D eigenvalue weighted by Crippen LogP contribution is -2.26. The van der Waals surface area contributed by atoms with Crippen LogP contribution in [0.15, 0.2) is 24.3 Å². The molecule has 1 rings (SSSR count). The maximum absolute atomic E-state index is 12.1. The second-order valence-electron chi connectivity index (χ2n) is 5.42. The molecular formula is C14H17F3O2. The zero-order valence-electron chi connectivity index (χ0n) is 11.3. The van der Waals surface area contributed by atoms with Crippen molar-refractivity contribution in [3.8, 4) is 0 Å². The van der Waals surface area contributed by atoms with E-state index < -0.39 is 18.2 Å². The normalized spacial score (nSPS) is 14.1. The van der Waals surface area contributed by atoms with Crippen LogP contribution in [0.2, 0.25) is 0 Å². The van der Waals surface area contributed by atoms with Crippen LogP contribution in [0.5, 0.6) is 0 Å².